The number of aromatic nitrogens is 2. The highest BCUT2D eigenvalue weighted by molar-refractivity contribution is 7.80. The SMILES string of the molecule is CC(C)C(NCC1(O)OCC(O)C(O)C1O)C(=O)NC(Cc1cnc[nH]1)C(=O)NC(CS)C(=O)O. The Morgan fingerprint density at radius 3 is 2.43 bits per heavy atom. The van der Waals surface area contributed by atoms with E-state index in [-0.39, 0.29) is 18.1 Å². The molecule has 2 amide bonds. The van der Waals surface area contributed by atoms with Crippen molar-refractivity contribution in [3.63, 3.8) is 0 Å². The number of nitrogens with one attached hydrogen (secondary N) is 4. The standard InChI is InChI=1S/C20H33N5O9S/c1-9(2)14(22-7-20(33)16(28)15(27)13(26)5-34-20)18(30)24-11(3-10-4-21-8-23-10)17(29)25-12(6-35)19(31)32/h4,8-9,11-16,22,26-28,33,35H,3,5-7H2,1-2H3,(H,21,23)(H,24,30)(H,25,29)(H,31,32). The smallest absolute Gasteiger partial charge is 0.327 e. The van der Waals surface area contributed by atoms with Gasteiger partial charge in [-0.15, -0.1) is 0 Å². The number of aliphatic hydroxyl groups excluding tert-OH is 3. The molecule has 35 heavy (non-hydrogen) atoms. The number of carbonyl (C=O) groups is 3. The van der Waals surface area contributed by atoms with Crippen LogP contribution in [0.4, 0.5) is 0 Å². The topological polar surface area (TPSA) is 226 Å². The van der Waals surface area contributed by atoms with Gasteiger partial charge in [-0.25, -0.2) is 9.78 Å². The molecular weight excluding hydrogens is 486 g/mol. The van der Waals surface area contributed by atoms with E-state index in [1.807, 2.05) is 0 Å². The van der Waals surface area contributed by atoms with Gasteiger partial charge in [0.15, 0.2) is 0 Å². The Hall–Kier alpha value is -2.27. The van der Waals surface area contributed by atoms with E-state index in [0.29, 0.717) is 5.69 Å². The molecule has 1 aliphatic heterocycles. The van der Waals surface area contributed by atoms with Gasteiger partial charge in [0, 0.05) is 24.1 Å². The van der Waals surface area contributed by atoms with Gasteiger partial charge in [-0.1, -0.05) is 13.8 Å². The van der Waals surface area contributed by atoms with Crippen LogP contribution >= 0.6 is 12.6 Å². The summed E-state index contributed by atoms with van der Waals surface area (Å²) in [4.78, 5) is 43.9. The third-order valence-electron chi connectivity index (χ3n) is 5.62. The van der Waals surface area contributed by atoms with Crippen LogP contribution in [0.25, 0.3) is 0 Å². The zero-order valence-electron chi connectivity index (χ0n) is 19.3. The lowest BCUT2D eigenvalue weighted by molar-refractivity contribution is -0.318. The number of amides is 2. The van der Waals surface area contributed by atoms with Gasteiger partial charge in [-0.2, -0.15) is 12.6 Å². The molecule has 14 nitrogen and oxygen atoms in total. The van der Waals surface area contributed by atoms with E-state index in [4.69, 9.17) is 4.74 Å². The van der Waals surface area contributed by atoms with E-state index in [1.165, 1.54) is 12.5 Å². The van der Waals surface area contributed by atoms with Gasteiger partial charge in [0.2, 0.25) is 17.6 Å². The Bertz CT molecular complexity index is 858. The average Bonchev–Trinajstić information content (AvgIpc) is 3.31. The van der Waals surface area contributed by atoms with Crippen molar-refractivity contribution in [1.82, 2.24) is 25.9 Å². The summed E-state index contributed by atoms with van der Waals surface area (Å²) < 4.78 is 5.10. The van der Waals surface area contributed by atoms with Crippen LogP contribution in [0.5, 0.6) is 0 Å². The lowest BCUT2D eigenvalue weighted by Gasteiger charge is -2.42. The van der Waals surface area contributed by atoms with Crippen molar-refractivity contribution in [2.45, 2.75) is 62.5 Å². The predicted octanol–water partition coefficient (Wildman–Crippen LogP) is -3.65. The third kappa shape index (κ3) is 7.60. The van der Waals surface area contributed by atoms with Gasteiger partial charge >= 0.3 is 5.97 Å². The summed E-state index contributed by atoms with van der Waals surface area (Å²) in [5.41, 5.74) is 0.512. The first-order chi connectivity index (χ1) is 16.4. The first-order valence-corrected chi connectivity index (χ1v) is 11.6. The summed E-state index contributed by atoms with van der Waals surface area (Å²) in [5, 5.41) is 57.0. The van der Waals surface area contributed by atoms with Crippen LogP contribution in [-0.4, -0.2) is 114 Å². The highest BCUT2D eigenvalue weighted by Crippen LogP contribution is 2.23. The van der Waals surface area contributed by atoms with Crippen LogP contribution in [0.15, 0.2) is 12.5 Å². The number of imidazole rings is 1. The van der Waals surface area contributed by atoms with E-state index in [0.717, 1.165) is 0 Å². The molecule has 1 fully saturated rings. The number of hydrogen-bond donors (Lipinski definition) is 10. The van der Waals surface area contributed by atoms with Gasteiger partial charge in [-0.3, -0.25) is 9.59 Å². The number of ether oxygens (including phenoxy) is 1. The second kappa shape index (κ2) is 12.6. The number of nitrogens with zero attached hydrogens (tertiary/aromatic N) is 1. The fourth-order valence-electron chi connectivity index (χ4n) is 3.48. The summed E-state index contributed by atoms with van der Waals surface area (Å²) in [5.74, 6) is -5.49. The molecule has 0 aliphatic carbocycles. The summed E-state index contributed by atoms with van der Waals surface area (Å²) in [6, 6.07) is -3.44. The van der Waals surface area contributed by atoms with E-state index >= 15 is 0 Å². The number of aliphatic hydroxyl groups is 4. The van der Waals surface area contributed by atoms with Crippen molar-refractivity contribution < 1.29 is 44.7 Å². The average molecular weight is 520 g/mol. The summed E-state index contributed by atoms with van der Waals surface area (Å²) in [7, 11) is 0. The molecule has 7 atom stereocenters. The second-order valence-electron chi connectivity index (χ2n) is 8.69. The maximum atomic E-state index is 13.1. The minimum Gasteiger partial charge on any atom is -0.480 e. The lowest BCUT2D eigenvalue weighted by atomic mass is 9.95. The Balaban J connectivity index is 2.13. The van der Waals surface area contributed by atoms with E-state index < -0.39 is 73.2 Å². The van der Waals surface area contributed by atoms with Crippen molar-refractivity contribution in [1.29, 1.82) is 0 Å². The van der Waals surface area contributed by atoms with Crippen molar-refractivity contribution in [3.8, 4) is 0 Å². The van der Waals surface area contributed by atoms with Crippen molar-refractivity contribution in [2.75, 3.05) is 18.9 Å². The predicted molar refractivity (Wildman–Crippen MR) is 123 cm³/mol. The maximum Gasteiger partial charge on any atom is 0.327 e. The summed E-state index contributed by atoms with van der Waals surface area (Å²) in [6.45, 7) is 2.48. The Kier molecular flexibility index (Phi) is 10.4. The van der Waals surface area contributed by atoms with Crippen LogP contribution in [0.2, 0.25) is 0 Å². The molecule has 1 aromatic rings. The Labute approximate surface area is 206 Å². The second-order valence-corrected chi connectivity index (χ2v) is 9.05. The van der Waals surface area contributed by atoms with E-state index in [2.05, 4.69) is 38.5 Å². The third-order valence-corrected chi connectivity index (χ3v) is 5.98. The number of rotatable bonds is 12. The number of aliphatic carboxylic acids is 1. The van der Waals surface area contributed by atoms with Crippen LogP contribution in [-0.2, 0) is 25.5 Å². The van der Waals surface area contributed by atoms with Crippen LogP contribution < -0.4 is 16.0 Å². The molecule has 7 unspecified atom stereocenters. The van der Waals surface area contributed by atoms with Crippen LogP contribution in [0.3, 0.4) is 0 Å². The number of aromatic amines is 1. The molecule has 0 saturated carbocycles. The van der Waals surface area contributed by atoms with E-state index in [1.54, 1.807) is 13.8 Å². The zero-order chi connectivity index (χ0) is 26.3. The number of thiol groups is 1. The highest BCUT2D eigenvalue weighted by atomic mass is 32.1. The molecule has 1 aromatic heterocycles. The molecule has 1 saturated heterocycles. The molecule has 0 bridgehead atoms. The van der Waals surface area contributed by atoms with Crippen molar-refractivity contribution in [2.24, 2.45) is 5.92 Å². The molecule has 2 rings (SSSR count). The number of carbonyl (C=O) groups excluding carboxylic acids is 2. The van der Waals surface area contributed by atoms with Gasteiger partial charge in [0.1, 0.15) is 30.4 Å². The molecule has 1 aliphatic rings. The number of carboxylic acids is 1. The molecule has 0 radical (unpaired) electrons. The Morgan fingerprint density at radius 1 is 1.23 bits per heavy atom. The number of hydrogen-bond acceptors (Lipinski definition) is 11. The zero-order valence-corrected chi connectivity index (χ0v) is 20.2. The van der Waals surface area contributed by atoms with E-state index in [9.17, 15) is 39.9 Å². The van der Waals surface area contributed by atoms with Crippen LogP contribution in [0.1, 0.15) is 19.5 Å². The minimum absolute atomic E-state index is 0.0167. The number of H-pyrrole nitrogens is 1. The summed E-state index contributed by atoms with van der Waals surface area (Å²) >= 11 is 3.92. The molecule has 9 N–H and O–H groups in total. The normalized spacial score (nSPS) is 27.1. The molecular formula is C20H33N5O9S. The lowest BCUT2D eigenvalue weighted by Crippen LogP contribution is -2.66. The van der Waals surface area contributed by atoms with Gasteiger partial charge in [0.25, 0.3) is 0 Å². The molecule has 15 heteroatoms. The largest absolute Gasteiger partial charge is 0.480 e. The molecule has 2 heterocycles. The van der Waals surface area contributed by atoms with Crippen molar-refractivity contribution >= 4 is 30.4 Å². The van der Waals surface area contributed by atoms with Crippen LogP contribution in [0, 0.1) is 5.92 Å². The van der Waals surface area contributed by atoms with Gasteiger partial charge < -0.3 is 51.2 Å². The maximum absolute atomic E-state index is 13.1. The molecule has 0 aromatic carbocycles. The quantitative estimate of drug-likeness (QED) is 0.121. The van der Waals surface area contributed by atoms with Gasteiger partial charge in [0.05, 0.1) is 25.5 Å². The minimum atomic E-state index is -2.28. The fraction of sp³-hybridized carbons (Fsp3) is 0.700. The van der Waals surface area contributed by atoms with Crippen molar-refractivity contribution in [3.05, 3.63) is 18.2 Å². The fourth-order valence-corrected chi connectivity index (χ4v) is 3.73. The number of carboxylic acid groups (broad SMARTS) is 1. The first kappa shape index (κ1) is 29.0. The molecule has 198 valence electrons. The monoisotopic (exact) mass is 519 g/mol. The first-order valence-electron chi connectivity index (χ1n) is 10.9. The van der Waals surface area contributed by atoms with Gasteiger partial charge in [-0.05, 0) is 5.92 Å². The highest BCUT2D eigenvalue weighted by Gasteiger charge is 2.48. The summed E-state index contributed by atoms with van der Waals surface area (Å²) in [6.07, 6.45) is -2.06. The Morgan fingerprint density at radius 2 is 1.89 bits per heavy atom. The molecule has 0 spiro atoms.